The highest BCUT2D eigenvalue weighted by Gasteiger charge is 2.16. The van der Waals surface area contributed by atoms with Crippen molar-refractivity contribution in [3.05, 3.63) is 22.7 Å². The predicted octanol–water partition coefficient (Wildman–Crippen LogP) is 1.13. The third-order valence-electron chi connectivity index (χ3n) is 3.61. The molecule has 1 aromatic heterocycles. The minimum Gasteiger partial charge on any atom is -0.379 e. The van der Waals surface area contributed by atoms with E-state index >= 15 is 0 Å². The lowest BCUT2D eigenvalue weighted by molar-refractivity contribution is 0.0378. The molecule has 6 heteroatoms. The van der Waals surface area contributed by atoms with Crippen molar-refractivity contribution >= 4 is 5.82 Å². The van der Waals surface area contributed by atoms with Gasteiger partial charge in [0.1, 0.15) is 0 Å². The van der Waals surface area contributed by atoms with Crippen LogP contribution in [0.15, 0.2) is 17.2 Å². The summed E-state index contributed by atoms with van der Waals surface area (Å²) in [6.45, 7) is 11.5. The van der Waals surface area contributed by atoms with E-state index in [-0.39, 0.29) is 11.1 Å². The average Bonchev–Trinajstić information content (AvgIpc) is 2.45. The van der Waals surface area contributed by atoms with Crippen molar-refractivity contribution in [2.24, 2.45) is 0 Å². The highest BCUT2D eigenvalue weighted by atomic mass is 16.5. The SMILES string of the molecule is CC(C)(C)n1ccnc(NCCCN2CCOCC2)c1=O. The maximum absolute atomic E-state index is 12.3. The Balaban J connectivity index is 1.84. The summed E-state index contributed by atoms with van der Waals surface area (Å²) in [5.74, 6) is 0.439. The lowest BCUT2D eigenvalue weighted by atomic mass is 10.1. The summed E-state index contributed by atoms with van der Waals surface area (Å²) < 4.78 is 7.04. The third-order valence-corrected chi connectivity index (χ3v) is 3.61. The van der Waals surface area contributed by atoms with Crippen LogP contribution in [0, 0.1) is 0 Å². The molecule has 118 valence electrons. The maximum Gasteiger partial charge on any atom is 0.293 e. The average molecular weight is 294 g/mol. The van der Waals surface area contributed by atoms with E-state index in [1.165, 1.54) is 0 Å². The number of ether oxygens (including phenoxy) is 1. The van der Waals surface area contributed by atoms with Crippen LogP contribution in [0.25, 0.3) is 0 Å². The fourth-order valence-corrected chi connectivity index (χ4v) is 2.40. The molecule has 0 saturated carbocycles. The molecule has 1 aliphatic rings. The van der Waals surface area contributed by atoms with Gasteiger partial charge in [-0.05, 0) is 33.7 Å². The normalized spacial score (nSPS) is 16.9. The summed E-state index contributed by atoms with van der Waals surface area (Å²) in [5.41, 5.74) is -0.291. The van der Waals surface area contributed by atoms with Gasteiger partial charge in [0.15, 0.2) is 5.82 Å². The molecular weight excluding hydrogens is 268 g/mol. The first kappa shape index (κ1) is 16.0. The summed E-state index contributed by atoms with van der Waals surface area (Å²) >= 11 is 0. The molecule has 1 N–H and O–H groups in total. The van der Waals surface area contributed by atoms with Gasteiger partial charge in [-0.1, -0.05) is 0 Å². The molecule has 1 aromatic rings. The molecule has 0 aromatic carbocycles. The zero-order valence-electron chi connectivity index (χ0n) is 13.3. The molecule has 1 fully saturated rings. The van der Waals surface area contributed by atoms with Crippen LogP contribution in [-0.4, -0.2) is 53.8 Å². The minimum absolute atomic E-state index is 0.0589. The zero-order valence-corrected chi connectivity index (χ0v) is 13.3. The van der Waals surface area contributed by atoms with Crippen molar-refractivity contribution in [2.75, 3.05) is 44.7 Å². The molecule has 1 aliphatic heterocycles. The molecule has 0 atom stereocenters. The number of hydrogen-bond acceptors (Lipinski definition) is 5. The van der Waals surface area contributed by atoms with E-state index in [1.807, 2.05) is 20.8 Å². The van der Waals surface area contributed by atoms with E-state index in [4.69, 9.17) is 4.74 Å². The summed E-state index contributed by atoms with van der Waals surface area (Å²) in [6.07, 6.45) is 4.41. The van der Waals surface area contributed by atoms with Gasteiger partial charge in [-0.25, -0.2) is 4.98 Å². The Morgan fingerprint density at radius 1 is 1.33 bits per heavy atom. The fraction of sp³-hybridized carbons (Fsp3) is 0.733. The van der Waals surface area contributed by atoms with E-state index < -0.39 is 0 Å². The summed E-state index contributed by atoms with van der Waals surface area (Å²) in [4.78, 5) is 18.9. The molecule has 0 unspecified atom stereocenters. The first-order valence-corrected chi connectivity index (χ1v) is 7.60. The second kappa shape index (κ2) is 7.04. The molecule has 6 nitrogen and oxygen atoms in total. The second-order valence-corrected chi connectivity index (χ2v) is 6.36. The Hall–Kier alpha value is -1.40. The number of anilines is 1. The first-order chi connectivity index (χ1) is 9.98. The Labute approximate surface area is 126 Å². The van der Waals surface area contributed by atoms with E-state index in [0.29, 0.717) is 5.82 Å². The van der Waals surface area contributed by atoms with Gasteiger partial charge >= 0.3 is 0 Å². The molecule has 1 saturated heterocycles. The standard InChI is InChI=1S/C15H26N4O2/c1-15(2,3)19-8-6-17-13(14(19)20)16-5-4-7-18-9-11-21-12-10-18/h6,8H,4-5,7,9-12H2,1-3H3,(H,16,17). The van der Waals surface area contributed by atoms with Gasteiger partial charge in [0, 0.05) is 37.6 Å². The zero-order chi connectivity index (χ0) is 15.3. The van der Waals surface area contributed by atoms with Crippen LogP contribution in [0.5, 0.6) is 0 Å². The Kier molecular flexibility index (Phi) is 5.36. The van der Waals surface area contributed by atoms with Gasteiger partial charge in [0.2, 0.25) is 0 Å². The number of aromatic nitrogens is 2. The van der Waals surface area contributed by atoms with Crippen molar-refractivity contribution in [1.82, 2.24) is 14.5 Å². The molecule has 0 spiro atoms. The van der Waals surface area contributed by atoms with E-state index in [0.717, 1.165) is 45.8 Å². The van der Waals surface area contributed by atoms with Crippen LogP contribution >= 0.6 is 0 Å². The Morgan fingerprint density at radius 2 is 2.05 bits per heavy atom. The molecule has 0 amide bonds. The molecule has 0 aliphatic carbocycles. The Bertz CT molecular complexity index is 501. The van der Waals surface area contributed by atoms with Crippen molar-refractivity contribution in [3.8, 4) is 0 Å². The molecular formula is C15H26N4O2. The van der Waals surface area contributed by atoms with E-state index in [1.54, 1.807) is 17.0 Å². The van der Waals surface area contributed by atoms with Crippen LogP contribution in [0.3, 0.4) is 0 Å². The topological polar surface area (TPSA) is 59.4 Å². The predicted molar refractivity (Wildman–Crippen MR) is 83.9 cm³/mol. The van der Waals surface area contributed by atoms with E-state index in [9.17, 15) is 4.79 Å². The van der Waals surface area contributed by atoms with Gasteiger partial charge in [-0.15, -0.1) is 0 Å². The largest absolute Gasteiger partial charge is 0.379 e. The second-order valence-electron chi connectivity index (χ2n) is 6.36. The number of rotatable bonds is 5. The molecule has 2 heterocycles. The highest BCUT2D eigenvalue weighted by Crippen LogP contribution is 2.10. The summed E-state index contributed by atoms with van der Waals surface area (Å²) in [5, 5.41) is 3.16. The highest BCUT2D eigenvalue weighted by molar-refractivity contribution is 5.30. The molecule has 0 bridgehead atoms. The van der Waals surface area contributed by atoms with Gasteiger partial charge in [0.05, 0.1) is 13.2 Å². The van der Waals surface area contributed by atoms with Gasteiger partial charge in [-0.2, -0.15) is 0 Å². The number of morpholine rings is 1. The lowest BCUT2D eigenvalue weighted by Gasteiger charge is -2.26. The van der Waals surface area contributed by atoms with Crippen LogP contribution in [0.1, 0.15) is 27.2 Å². The van der Waals surface area contributed by atoms with Crippen LogP contribution < -0.4 is 10.9 Å². The first-order valence-electron chi connectivity index (χ1n) is 7.60. The van der Waals surface area contributed by atoms with Gasteiger partial charge < -0.3 is 14.6 Å². The maximum atomic E-state index is 12.3. The van der Waals surface area contributed by atoms with E-state index in [2.05, 4.69) is 15.2 Å². The van der Waals surface area contributed by atoms with Crippen LogP contribution in [0.2, 0.25) is 0 Å². The van der Waals surface area contributed by atoms with Crippen molar-refractivity contribution in [2.45, 2.75) is 32.7 Å². The molecule has 21 heavy (non-hydrogen) atoms. The molecule has 0 radical (unpaired) electrons. The molecule has 2 rings (SSSR count). The van der Waals surface area contributed by atoms with Gasteiger partial charge in [-0.3, -0.25) is 9.69 Å². The monoisotopic (exact) mass is 294 g/mol. The quantitative estimate of drug-likeness (QED) is 0.825. The van der Waals surface area contributed by atoms with Crippen molar-refractivity contribution in [1.29, 1.82) is 0 Å². The fourth-order valence-electron chi connectivity index (χ4n) is 2.40. The minimum atomic E-state index is -0.232. The van der Waals surface area contributed by atoms with Crippen LogP contribution in [0.4, 0.5) is 5.82 Å². The Morgan fingerprint density at radius 3 is 2.71 bits per heavy atom. The third kappa shape index (κ3) is 4.54. The van der Waals surface area contributed by atoms with Crippen molar-refractivity contribution in [3.63, 3.8) is 0 Å². The summed E-state index contributed by atoms with van der Waals surface area (Å²) in [7, 11) is 0. The van der Waals surface area contributed by atoms with Crippen molar-refractivity contribution < 1.29 is 4.74 Å². The number of nitrogens with one attached hydrogen (secondary N) is 1. The lowest BCUT2D eigenvalue weighted by Crippen LogP contribution is -2.38. The number of hydrogen-bond donors (Lipinski definition) is 1. The summed E-state index contributed by atoms with van der Waals surface area (Å²) in [6, 6.07) is 0. The van der Waals surface area contributed by atoms with Crippen LogP contribution in [-0.2, 0) is 10.3 Å². The number of nitrogens with zero attached hydrogens (tertiary/aromatic N) is 3. The smallest absolute Gasteiger partial charge is 0.293 e. The van der Waals surface area contributed by atoms with Gasteiger partial charge in [0.25, 0.3) is 5.56 Å².